The highest BCUT2D eigenvalue weighted by atomic mass is 19.2. The third-order valence-corrected chi connectivity index (χ3v) is 2.06. The van der Waals surface area contributed by atoms with Gasteiger partial charge in [-0.2, -0.15) is 0 Å². The summed E-state index contributed by atoms with van der Waals surface area (Å²) in [6.07, 6.45) is -0.181. The fourth-order valence-electron chi connectivity index (χ4n) is 1.25. The molecule has 0 aromatic heterocycles. The van der Waals surface area contributed by atoms with Crippen LogP contribution in [0.25, 0.3) is 0 Å². The Morgan fingerprint density at radius 1 is 1.11 bits per heavy atom. The third kappa shape index (κ3) is 4.08. The van der Waals surface area contributed by atoms with E-state index < -0.39 is 29.3 Å². The molecule has 4 nitrogen and oxygen atoms in total. The minimum absolute atomic E-state index is 0.104. The zero-order valence-electron chi connectivity index (χ0n) is 9.17. The maximum Gasteiger partial charge on any atom is 0.303 e. The molecule has 0 fully saturated rings. The molecule has 0 aliphatic rings. The highest BCUT2D eigenvalue weighted by Crippen LogP contribution is 2.17. The molecule has 1 aromatic carbocycles. The van der Waals surface area contributed by atoms with E-state index in [9.17, 15) is 22.8 Å². The van der Waals surface area contributed by atoms with E-state index in [1.807, 2.05) is 0 Å². The van der Waals surface area contributed by atoms with Crippen molar-refractivity contribution >= 4 is 17.6 Å². The molecule has 2 N–H and O–H groups in total. The number of carboxylic acid groups (broad SMARTS) is 1. The Morgan fingerprint density at radius 3 is 2.17 bits per heavy atom. The lowest BCUT2D eigenvalue weighted by Gasteiger charge is -2.05. The van der Waals surface area contributed by atoms with Gasteiger partial charge in [-0.1, -0.05) is 0 Å². The molecular weight excluding hydrogens is 251 g/mol. The van der Waals surface area contributed by atoms with Crippen LogP contribution < -0.4 is 5.32 Å². The van der Waals surface area contributed by atoms with Gasteiger partial charge in [0.25, 0.3) is 0 Å². The quantitative estimate of drug-likeness (QED) is 0.799. The van der Waals surface area contributed by atoms with E-state index in [-0.39, 0.29) is 24.9 Å². The first-order valence-electron chi connectivity index (χ1n) is 5.06. The summed E-state index contributed by atoms with van der Waals surface area (Å²) < 4.78 is 38.2. The first-order chi connectivity index (χ1) is 8.40. The molecule has 1 amide bonds. The zero-order valence-corrected chi connectivity index (χ0v) is 9.17. The molecule has 18 heavy (non-hydrogen) atoms. The molecule has 0 saturated carbocycles. The van der Waals surface area contributed by atoms with Crippen LogP contribution in [0.1, 0.15) is 19.3 Å². The number of hydrogen-bond donors (Lipinski definition) is 2. The fraction of sp³-hybridized carbons (Fsp3) is 0.273. The first kappa shape index (κ1) is 14.0. The molecular formula is C11H10F3NO3. The summed E-state index contributed by atoms with van der Waals surface area (Å²) in [5.41, 5.74) is -0.216. The number of halogens is 3. The summed E-state index contributed by atoms with van der Waals surface area (Å²) in [5, 5.41) is 10.5. The second-order valence-corrected chi connectivity index (χ2v) is 3.55. The molecule has 0 radical (unpaired) electrons. The Labute approximate surface area is 100 Å². The number of anilines is 1. The average molecular weight is 261 g/mol. The summed E-state index contributed by atoms with van der Waals surface area (Å²) in [6.45, 7) is 0. The molecule has 0 spiro atoms. The van der Waals surface area contributed by atoms with E-state index in [1.54, 1.807) is 0 Å². The van der Waals surface area contributed by atoms with E-state index in [0.717, 1.165) is 0 Å². The van der Waals surface area contributed by atoms with Crippen molar-refractivity contribution in [3.8, 4) is 0 Å². The molecule has 98 valence electrons. The van der Waals surface area contributed by atoms with Crippen LogP contribution in [0.3, 0.4) is 0 Å². The van der Waals surface area contributed by atoms with Gasteiger partial charge in [-0.3, -0.25) is 9.59 Å². The lowest BCUT2D eigenvalue weighted by Crippen LogP contribution is -2.12. The smallest absolute Gasteiger partial charge is 0.303 e. The second kappa shape index (κ2) is 6.04. The van der Waals surface area contributed by atoms with Crippen LogP contribution in [0.2, 0.25) is 0 Å². The number of carbonyl (C=O) groups is 2. The predicted molar refractivity (Wildman–Crippen MR) is 56.4 cm³/mol. The van der Waals surface area contributed by atoms with Gasteiger partial charge in [0.1, 0.15) is 0 Å². The highest BCUT2D eigenvalue weighted by molar-refractivity contribution is 5.90. The van der Waals surface area contributed by atoms with Crippen molar-refractivity contribution < 1.29 is 27.9 Å². The topological polar surface area (TPSA) is 66.4 Å². The van der Waals surface area contributed by atoms with Crippen molar-refractivity contribution in [2.24, 2.45) is 0 Å². The normalized spacial score (nSPS) is 10.2. The summed E-state index contributed by atoms with van der Waals surface area (Å²) in [6, 6.07) is 1.29. The Morgan fingerprint density at radius 2 is 1.67 bits per heavy atom. The van der Waals surface area contributed by atoms with Gasteiger partial charge in [0.05, 0.1) is 0 Å². The van der Waals surface area contributed by atoms with Crippen molar-refractivity contribution in [1.29, 1.82) is 0 Å². The summed E-state index contributed by atoms with van der Waals surface area (Å²) in [7, 11) is 0. The molecule has 0 aliphatic carbocycles. The van der Waals surface area contributed by atoms with E-state index >= 15 is 0 Å². The van der Waals surface area contributed by atoms with Crippen molar-refractivity contribution in [2.75, 3.05) is 5.32 Å². The fourth-order valence-corrected chi connectivity index (χ4v) is 1.25. The number of carboxylic acids is 1. The number of benzene rings is 1. The van der Waals surface area contributed by atoms with Crippen molar-refractivity contribution in [2.45, 2.75) is 19.3 Å². The minimum Gasteiger partial charge on any atom is -0.481 e. The molecule has 0 saturated heterocycles. The maximum absolute atomic E-state index is 12.8. The molecule has 0 unspecified atom stereocenters. The number of hydrogen-bond acceptors (Lipinski definition) is 2. The number of rotatable bonds is 5. The largest absolute Gasteiger partial charge is 0.481 e. The van der Waals surface area contributed by atoms with Gasteiger partial charge >= 0.3 is 5.97 Å². The Hall–Kier alpha value is -2.05. The Balaban J connectivity index is 2.57. The maximum atomic E-state index is 12.8. The van der Waals surface area contributed by atoms with Crippen LogP contribution >= 0.6 is 0 Å². The van der Waals surface area contributed by atoms with Crippen molar-refractivity contribution in [3.05, 3.63) is 29.6 Å². The Bertz CT molecular complexity index is 454. The SMILES string of the molecule is O=C(O)CCCC(=O)Nc1cc(F)c(F)c(F)c1. The molecule has 7 heteroatoms. The summed E-state index contributed by atoms with van der Waals surface area (Å²) in [4.78, 5) is 21.5. The van der Waals surface area contributed by atoms with Gasteiger partial charge in [-0.15, -0.1) is 0 Å². The van der Waals surface area contributed by atoms with Crippen LogP contribution in [-0.2, 0) is 9.59 Å². The van der Waals surface area contributed by atoms with E-state index in [2.05, 4.69) is 5.32 Å². The number of nitrogens with one attached hydrogen (secondary N) is 1. The van der Waals surface area contributed by atoms with Gasteiger partial charge in [0.15, 0.2) is 17.5 Å². The standard InChI is InChI=1S/C11H10F3NO3/c12-7-4-6(5-8(13)11(7)14)15-9(16)2-1-3-10(17)18/h4-5H,1-3H2,(H,15,16)(H,17,18). The van der Waals surface area contributed by atoms with Crippen molar-refractivity contribution in [1.82, 2.24) is 0 Å². The van der Waals surface area contributed by atoms with E-state index in [1.165, 1.54) is 0 Å². The van der Waals surface area contributed by atoms with Gasteiger partial charge in [0, 0.05) is 30.7 Å². The van der Waals surface area contributed by atoms with Crippen LogP contribution in [-0.4, -0.2) is 17.0 Å². The third-order valence-electron chi connectivity index (χ3n) is 2.06. The monoisotopic (exact) mass is 261 g/mol. The van der Waals surface area contributed by atoms with E-state index in [0.29, 0.717) is 12.1 Å². The van der Waals surface area contributed by atoms with Crippen LogP contribution in [0, 0.1) is 17.5 Å². The summed E-state index contributed by atoms with van der Waals surface area (Å²) in [5.74, 6) is -6.06. The molecule has 0 bridgehead atoms. The molecule has 0 atom stereocenters. The molecule has 1 rings (SSSR count). The Kier molecular flexibility index (Phi) is 4.70. The molecule has 0 heterocycles. The average Bonchev–Trinajstić information content (AvgIpc) is 2.25. The molecule has 0 aliphatic heterocycles. The number of carbonyl (C=O) groups excluding carboxylic acids is 1. The summed E-state index contributed by atoms with van der Waals surface area (Å²) >= 11 is 0. The van der Waals surface area contributed by atoms with Gasteiger partial charge < -0.3 is 10.4 Å². The molecule has 1 aromatic rings. The second-order valence-electron chi connectivity index (χ2n) is 3.55. The van der Waals surface area contributed by atoms with Crippen LogP contribution in [0.15, 0.2) is 12.1 Å². The minimum atomic E-state index is -1.61. The van der Waals surface area contributed by atoms with Crippen molar-refractivity contribution in [3.63, 3.8) is 0 Å². The lowest BCUT2D eigenvalue weighted by atomic mass is 10.2. The van der Waals surface area contributed by atoms with E-state index in [4.69, 9.17) is 5.11 Å². The van der Waals surface area contributed by atoms with Crippen LogP contribution in [0.5, 0.6) is 0 Å². The first-order valence-corrected chi connectivity index (χ1v) is 5.06. The zero-order chi connectivity index (χ0) is 13.7. The van der Waals surface area contributed by atoms with Gasteiger partial charge in [-0.05, 0) is 6.42 Å². The highest BCUT2D eigenvalue weighted by Gasteiger charge is 2.12. The number of amides is 1. The number of aliphatic carboxylic acids is 1. The van der Waals surface area contributed by atoms with Crippen LogP contribution in [0.4, 0.5) is 18.9 Å². The van der Waals surface area contributed by atoms with Gasteiger partial charge in [0.2, 0.25) is 5.91 Å². The van der Waals surface area contributed by atoms with Gasteiger partial charge in [-0.25, -0.2) is 13.2 Å². The predicted octanol–water partition coefficient (Wildman–Crippen LogP) is 2.30. The lowest BCUT2D eigenvalue weighted by molar-refractivity contribution is -0.137.